The summed E-state index contributed by atoms with van der Waals surface area (Å²) >= 11 is 0. The van der Waals surface area contributed by atoms with Crippen LogP contribution in [0.4, 0.5) is 35.0 Å². The average Bonchev–Trinajstić information content (AvgIpc) is 3.20. The van der Waals surface area contributed by atoms with E-state index in [9.17, 15) is 17.6 Å². The van der Waals surface area contributed by atoms with Crippen LogP contribution in [0.1, 0.15) is 49.7 Å². The second kappa shape index (κ2) is 9.60. The van der Waals surface area contributed by atoms with Crippen molar-refractivity contribution in [3.63, 3.8) is 0 Å². The van der Waals surface area contributed by atoms with Gasteiger partial charge in [-0.1, -0.05) is 0 Å². The molecule has 0 aliphatic carbocycles. The minimum Gasteiger partial charge on any atom is -0.354 e. The Balaban J connectivity index is 1.61. The van der Waals surface area contributed by atoms with Crippen LogP contribution in [-0.2, 0) is 6.18 Å². The van der Waals surface area contributed by atoms with Crippen LogP contribution >= 0.6 is 0 Å². The number of alkyl halides is 4. The van der Waals surface area contributed by atoms with Crippen molar-refractivity contribution in [2.24, 2.45) is 0 Å². The van der Waals surface area contributed by atoms with Gasteiger partial charge in [0, 0.05) is 25.3 Å². The van der Waals surface area contributed by atoms with Gasteiger partial charge in [0.25, 0.3) is 0 Å². The first kappa shape index (κ1) is 22.8. The van der Waals surface area contributed by atoms with Crippen molar-refractivity contribution >= 4 is 17.5 Å². The predicted octanol–water partition coefficient (Wildman–Crippen LogP) is 5.38. The second-order valence-corrected chi connectivity index (χ2v) is 8.69. The molecule has 174 valence electrons. The van der Waals surface area contributed by atoms with Crippen molar-refractivity contribution < 1.29 is 17.6 Å². The minimum atomic E-state index is -4.43. The van der Waals surface area contributed by atoms with Crippen LogP contribution in [0.5, 0.6) is 0 Å². The Bertz CT molecular complexity index is 912. The maximum atomic E-state index is 13.1. The molecule has 0 radical (unpaired) electrons. The quantitative estimate of drug-likeness (QED) is 0.598. The van der Waals surface area contributed by atoms with E-state index < -0.39 is 11.7 Å². The molecular formula is C23H29F4N5. The Hall–Kier alpha value is -2.42. The maximum Gasteiger partial charge on any atom is 0.416 e. The fourth-order valence-electron chi connectivity index (χ4n) is 4.67. The molecule has 2 aliphatic rings. The van der Waals surface area contributed by atoms with Crippen molar-refractivity contribution in [2.45, 2.75) is 50.7 Å². The Morgan fingerprint density at radius 3 is 2.50 bits per heavy atom. The summed E-state index contributed by atoms with van der Waals surface area (Å²) in [6, 6.07) is 6.35. The van der Waals surface area contributed by atoms with E-state index in [1.807, 2.05) is 6.07 Å². The molecule has 4 heterocycles. The van der Waals surface area contributed by atoms with Gasteiger partial charge in [-0.25, -0.2) is 14.4 Å². The second-order valence-electron chi connectivity index (χ2n) is 8.69. The molecule has 4 rings (SSSR count). The molecule has 2 aliphatic heterocycles. The van der Waals surface area contributed by atoms with Crippen molar-refractivity contribution in [3.8, 4) is 0 Å². The molecule has 0 saturated carbocycles. The Morgan fingerprint density at radius 2 is 1.84 bits per heavy atom. The molecule has 2 saturated heterocycles. The van der Waals surface area contributed by atoms with E-state index in [1.165, 1.54) is 0 Å². The van der Waals surface area contributed by atoms with Crippen LogP contribution in [0, 0.1) is 0 Å². The van der Waals surface area contributed by atoms with Crippen molar-refractivity contribution in [1.29, 1.82) is 0 Å². The van der Waals surface area contributed by atoms with Gasteiger partial charge in [0.2, 0.25) is 0 Å². The van der Waals surface area contributed by atoms with Crippen molar-refractivity contribution in [1.82, 2.24) is 14.9 Å². The minimum absolute atomic E-state index is 0.114. The van der Waals surface area contributed by atoms with Gasteiger partial charge in [-0.15, -0.1) is 0 Å². The molecule has 2 aromatic heterocycles. The SMILES string of the molecule is CC1CCCN1c1cc(C2CCN(CCF)CC2)cc(Nc2cc(C(F)(F)F)ccn2)n1. The van der Waals surface area contributed by atoms with Gasteiger partial charge >= 0.3 is 6.18 Å². The lowest BCUT2D eigenvalue weighted by Gasteiger charge is -2.32. The summed E-state index contributed by atoms with van der Waals surface area (Å²) in [4.78, 5) is 13.2. The van der Waals surface area contributed by atoms with Crippen LogP contribution in [0.3, 0.4) is 0 Å². The van der Waals surface area contributed by atoms with Gasteiger partial charge in [0.05, 0.1) is 5.56 Å². The molecule has 0 aromatic carbocycles. The summed E-state index contributed by atoms with van der Waals surface area (Å²) in [6.45, 7) is 4.88. The van der Waals surface area contributed by atoms with Crippen LogP contribution in [-0.4, -0.2) is 53.8 Å². The van der Waals surface area contributed by atoms with Gasteiger partial charge in [-0.2, -0.15) is 13.2 Å². The smallest absolute Gasteiger partial charge is 0.354 e. The summed E-state index contributed by atoms with van der Waals surface area (Å²) in [7, 11) is 0. The highest BCUT2D eigenvalue weighted by molar-refractivity contribution is 5.59. The lowest BCUT2D eigenvalue weighted by atomic mass is 9.89. The molecule has 32 heavy (non-hydrogen) atoms. The Labute approximate surface area is 185 Å². The molecule has 0 bridgehead atoms. The molecular weight excluding hydrogens is 422 g/mol. The first-order valence-electron chi connectivity index (χ1n) is 11.2. The third-order valence-corrected chi connectivity index (χ3v) is 6.48. The molecule has 0 amide bonds. The Morgan fingerprint density at radius 1 is 1.06 bits per heavy atom. The number of nitrogens with zero attached hydrogens (tertiary/aromatic N) is 4. The van der Waals surface area contributed by atoms with E-state index in [1.54, 1.807) is 0 Å². The molecule has 1 unspecified atom stereocenters. The van der Waals surface area contributed by atoms with Gasteiger partial charge in [0.15, 0.2) is 0 Å². The fourth-order valence-corrected chi connectivity index (χ4v) is 4.67. The highest BCUT2D eigenvalue weighted by atomic mass is 19.4. The molecule has 5 nitrogen and oxygen atoms in total. The number of aromatic nitrogens is 2. The standard InChI is InChI=1S/C23H29F4N5/c1-16-3-2-9-32(16)22-14-18(17-5-10-31(11-6-17)12-7-24)13-21(30-22)29-20-15-19(4-8-28-20)23(25,26)27/h4,8,13-17H,2-3,5-7,9-12H2,1H3,(H,28,29,30). The zero-order valence-electron chi connectivity index (χ0n) is 18.2. The number of nitrogens with one attached hydrogen (secondary N) is 1. The third-order valence-electron chi connectivity index (χ3n) is 6.48. The van der Waals surface area contributed by atoms with Crippen LogP contribution < -0.4 is 10.2 Å². The average molecular weight is 452 g/mol. The zero-order chi connectivity index (χ0) is 22.7. The molecule has 2 aromatic rings. The first-order chi connectivity index (χ1) is 15.3. The number of likely N-dealkylation sites (tertiary alicyclic amines) is 1. The number of halogens is 4. The fraction of sp³-hybridized carbons (Fsp3) is 0.565. The molecule has 1 N–H and O–H groups in total. The van der Waals surface area contributed by atoms with Crippen molar-refractivity contribution in [2.75, 3.05) is 43.1 Å². The third kappa shape index (κ3) is 5.31. The highest BCUT2D eigenvalue weighted by Gasteiger charge is 2.31. The summed E-state index contributed by atoms with van der Waals surface area (Å²) < 4.78 is 52.0. The lowest BCUT2D eigenvalue weighted by molar-refractivity contribution is -0.137. The maximum absolute atomic E-state index is 13.1. The van der Waals surface area contributed by atoms with E-state index in [0.29, 0.717) is 24.3 Å². The van der Waals surface area contributed by atoms with E-state index in [4.69, 9.17) is 4.98 Å². The summed E-state index contributed by atoms with van der Waals surface area (Å²) in [6.07, 6.45) is 0.732. The normalized spacial score (nSPS) is 20.7. The number of pyridine rings is 2. The zero-order valence-corrected chi connectivity index (χ0v) is 18.2. The summed E-state index contributed by atoms with van der Waals surface area (Å²) in [5, 5.41) is 2.99. The lowest BCUT2D eigenvalue weighted by Crippen LogP contribution is -2.34. The number of piperidine rings is 1. The topological polar surface area (TPSA) is 44.3 Å². The highest BCUT2D eigenvalue weighted by Crippen LogP contribution is 2.35. The van der Waals surface area contributed by atoms with Gasteiger partial charge in [-0.3, -0.25) is 0 Å². The number of rotatable bonds is 6. The van der Waals surface area contributed by atoms with E-state index in [-0.39, 0.29) is 12.5 Å². The van der Waals surface area contributed by atoms with Gasteiger partial charge in [0.1, 0.15) is 24.1 Å². The first-order valence-corrected chi connectivity index (χ1v) is 11.2. The number of hydrogen-bond donors (Lipinski definition) is 1. The van der Waals surface area contributed by atoms with Crippen LogP contribution in [0.2, 0.25) is 0 Å². The molecule has 9 heteroatoms. The predicted molar refractivity (Wildman–Crippen MR) is 117 cm³/mol. The number of anilines is 3. The van der Waals surface area contributed by atoms with E-state index >= 15 is 0 Å². The molecule has 2 fully saturated rings. The Kier molecular flexibility index (Phi) is 6.83. The van der Waals surface area contributed by atoms with Crippen LogP contribution in [0.15, 0.2) is 30.5 Å². The van der Waals surface area contributed by atoms with Gasteiger partial charge in [-0.05, 0) is 81.4 Å². The number of hydrogen-bond acceptors (Lipinski definition) is 5. The van der Waals surface area contributed by atoms with E-state index in [2.05, 4.69) is 33.1 Å². The molecule has 1 atom stereocenters. The molecule has 0 spiro atoms. The van der Waals surface area contributed by atoms with E-state index in [0.717, 1.165) is 75.0 Å². The largest absolute Gasteiger partial charge is 0.416 e. The van der Waals surface area contributed by atoms with Gasteiger partial charge < -0.3 is 15.1 Å². The monoisotopic (exact) mass is 451 g/mol. The van der Waals surface area contributed by atoms with Crippen molar-refractivity contribution in [3.05, 3.63) is 41.6 Å². The summed E-state index contributed by atoms with van der Waals surface area (Å²) in [5.41, 5.74) is 0.364. The van der Waals surface area contributed by atoms with Crippen LogP contribution in [0.25, 0.3) is 0 Å². The summed E-state index contributed by atoms with van der Waals surface area (Å²) in [5.74, 6) is 1.76.